The Morgan fingerprint density at radius 3 is 2.88 bits per heavy atom. The van der Waals surface area contributed by atoms with Crippen molar-refractivity contribution in [3.8, 4) is 0 Å². The second kappa shape index (κ2) is 7.11. The number of nitrogens with zero attached hydrogens (tertiary/aromatic N) is 2. The molecule has 0 radical (unpaired) electrons. The van der Waals surface area contributed by atoms with Crippen LogP contribution in [-0.4, -0.2) is 26.9 Å². The molecule has 0 spiro atoms. The molecule has 1 amide bonds. The summed E-state index contributed by atoms with van der Waals surface area (Å²) >= 11 is 2.94. The van der Waals surface area contributed by atoms with Gasteiger partial charge in [0.25, 0.3) is 0 Å². The zero-order chi connectivity index (χ0) is 17.1. The van der Waals surface area contributed by atoms with Crippen molar-refractivity contribution in [1.29, 1.82) is 0 Å². The third-order valence-electron chi connectivity index (χ3n) is 3.42. The van der Waals surface area contributed by atoms with E-state index in [0.29, 0.717) is 11.3 Å². The SMILES string of the molecule is CC(=O)c1cccc(NC(=O)[C@H](C)Sc2ncnc3sccc23)c1. The topological polar surface area (TPSA) is 72.0 Å². The van der Waals surface area contributed by atoms with E-state index in [0.717, 1.165) is 15.2 Å². The van der Waals surface area contributed by atoms with Crippen LogP contribution in [0.3, 0.4) is 0 Å². The number of ketones is 1. The second-order valence-electron chi connectivity index (χ2n) is 5.20. The van der Waals surface area contributed by atoms with E-state index in [1.807, 2.05) is 18.4 Å². The van der Waals surface area contributed by atoms with E-state index in [9.17, 15) is 9.59 Å². The third kappa shape index (κ3) is 3.63. The van der Waals surface area contributed by atoms with Crippen LogP contribution in [0, 0.1) is 0 Å². The molecule has 0 aliphatic heterocycles. The maximum absolute atomic E-state index is 12.4. The molecule has 0 bridgehead atoms. The summed E-state index contributed by atoms with van der Waals surface area (Å²) in [6, 6.07) is 8.89. The van der Waals surface area contributed by atoms with Gasteiger partial charge in [-0.15, -0.1) is 11.3 Å². The molecule has 2 heterocycles. The minimum Gasteiger partial charge on any atom is -0.325 e. The first-order valence-corrected chi connectivity index (χ1v) is 9.07. The molecule has 0 saturated heterocycles. The van der Waals surface area contributed by atoms with Crippen molar-refractivity contribution in [2.24, 2.45) is 0 Å². The van der Waals surface area contributed by atoms with Crippen LogP contribution in [0.4, 0.5) is 5.69 Å². The quantitative estimate of drug-likeness (QED) is 0.424. The van der Waals surface area contributed by atoms with E-state index in [2.05, 4.69) is 15.3 Å². The summed E-state index contributed by atoms with van der Waals surface area (Å²) in [5.41, 5.74) is 1.19. The Morgan fingerprint density at radius 2 is 2.08 bits per heavy atom. The first kappa shape index (κ1) is 16.6. The fourth-order valence-electron chi connectivity index (χ4n) is 2.14. The predicted molar refractivity (Wildman–Crippen MR) is 97.8 cm³/mol. The molecule has 5 nitrogen and oxygen atoms in total. The van der Waals surface area contributed by atoms with Crippen LogP contribution in [0.1, 0.15) is 24.2 Å². The first-order valence-electron chi connectivity index (χ1n) is 7.31. The lowest BCUT2D eigenvalue weighted by Gasteiger charge is -2.12. The van der Waals surface area contributed by atoms with Gasteiger partial charge < -0.3 is 5.32 Å². The number of carbonyl (C=O) groups excluding carboxylic acids is 2. The molecule has 0 aliphatic carbocycles. The lowest BCUT2D eigenvalue weighted by atomic mass is 10.1. The van der Waals surface area contributed by atoms with E-state index >= 15 is 0 Å². The molecule has 3 aromatic rings. The molecule has 0 saturated carbocycles. The zero-order valence-electron chi connectivity index (χ0n) is 13.1. The van der Waals surface area contributed by atoms with Crippen LogP contribution in [0.15, 0.2) is 47.1 Å². The number of benzene rings is 1. The van der Waals surface area contributed by atoms with Gasteiger partial charge in [-0.3, -0.25) is 9.59 Å². The highest BCUT2D eigenvalue weighted by molar-refractivity contribution is 8.00. The van der Waals surface area contributed by atoms with E-state index in [4.69, 9.17) is 0 Å². The fraction of sp³-hybridized carbons (Fsp3) is 0.176. The van der Waals surface area contributed by atoms with Gasteiger partial charge >= 0.3 is 0 Å². The number of hydrogen-bond acceptors (Lipinski definition) is 6. The molecule has 3 rings (SSSR count). The molecular weight excluding hydrogens is 342 g/mol. The molecule has 1 aromatic carbocycles. The number of hydrogen-bond donors (Lipinski definition) is 1. The highest BCUT2D eigenvalue weighted by atomic mass is 32.2. The molecule has 0 fully saturated rings. The van der Waals surface area contributed by atoms with Crippen molar-refractivity contribution < 1.29 is 9.59 Å². The largest absolute Gasteiger partial charge is 0.325 e. The van der Waals surface area contributed by atoms with Gasteiger partial charge in [-0.1, -0.05) is 23.9 Å². The normalized spacial score (nSPS) is 12.1. The summed E-state index contributed by atoms with van der Waals surface area (Å²) in [5.74, 6) is -0.169. The van der Waals surface area contributed by atoms with Gasteiger partial charge in [0.05, 0.1) is 5.25 Å². The number of rotatable bonds is 5. The molecule has 24 heavy (non-hydrogen) atoms. The number of amides is 1. The van der Waals surface area contributed by atoms with Crippen molar-refractivity contribution in [2.45, 2.75) is 24.1 Å². The van der Waals surface area contributed by atoms with Gasteiger partial charge in [0, 0.05) is 16.6 Å². The number of thioether (sulfide) groups is 1. The third-order valence-corrected chi connectivity index (χ3v) is 5.36. The van der Waals surface area contributed by atoms with Crippen LogP contribution < -0.4 is 5.32 Å². The maximum Gasteiger partial charge on any atom is 0.237 e. The minimum absolute atomic E-state index is 0.0330. The number of Topliss-reactive ketones (excluding diaryl/α,β-unsaturated/α-hetero) is 1. The van der Waals surface area contributed by atoms with Gasteiger partial charge in [0.2, 0.25) is 5.91 Å². The summed E-state index contributed by atoms with van der Waals surface area (Å²) in [7, 11) is 0. The summed E-state index contributed by atoms with van der Waals surface area (Å²) < 4.78 is 0. The lowest BCUT2D eigenvalue weighted by molar-refractivity contribution is -0.115. The predicted octanol–water partition coefficient (Wildman–Crippen LogP) is 4.01. The Labute approximate surface area is 147 Å². The maximum atomic E-state index is 12.4. The van der Waals surface area contributed by atoms with Gasteiger partial charge in [0.15, 0.2) is 5.78 Å². The second-order valence-corrected chi connectivity index (χ2v) is 7.43. The van der Waals surface area contributed by atoms with Crippen molar-refractivity contribution in [3.05, 3.63) is 47.6 Å². The van der Waals surface area contributed by atoms with E-state index in [-0.39, 0.29) is 16.9 Å². The average molecular weight is 357 g/mol. The fourth-order valence-corrected chi connectivity index (χ4v) is 3.84. The van der Waals surface area contributed by atoms with Crippen molar-refractivity contribution in [1.82, 2.24) is 9.97 Å². The smallest absolute Gasteiger partial charge is 0.237 e. The Hall–Kier alpha value is -2.25. The molecule has 0 aliphatic rings. The first-order chi connectivity index (χ1) is 11.5. The van der Waals surface area contributed by atoms with Crippen molar-refractivity contribution in [2.75, 3.05) is 5.32 Å². The van der Waals surface area contributed by atoms with E-state index in [1.54, 1.807) is 35.6 Å². The number of thiophene rings is 1. The summed E-state index contributed by atoms with van der Waals surface area (Å²) in [5, 5.41) is 6.23. The van der Waals surface area contributed by atoms with Gasteiger partial charge in [-0.25, -0.2) is 9.97 Å². The van der Waals surface area contributed by atoms with Gasteiger partial charge in [-0.2, -0.15) is 0 Å². The number of nitrogens with one attached hydrogen (secondary N) is 1. The Kier molecular flexibility index (Phi) is 4.92. The van der Waals surface area contributed by atoms with Gasteiger partial charge in [-0.05, 0) is 37.4 Å². The molecule has 2 aromatic heterocycles. The van der Waals surface area contributed by atoms with Crippen molar-refractivity contribution in [3.63, 3.8) is 0 Å². The summed E-state index contributed by atoms with van der Waals surface area (Å²) in [6.07, 6.45) is 1.52. The zero-order valence-corrected chi connectivity index (χ0v) is 14.8. The molecule has 1 N–H and O–H groups in total. The molecular formula is C17H15N3O2S2. The summed E-state index contributed by atoms with van der Waals surface area (Å²) in [6.45, 7) is 3.33. The van der Waals surface area contributed by atoms with E-state index < -0.39 is 0 Å². The average Bonchev–Trinajstić information content (AvgIpc) is 3.04. The Bertz CT molecular complexity index is 907. The highest BCUT2D eigenvalue weighted by Crippen LogP contribution is 2.30. The standard InChI is InChI=1S/C17H15N3O2S2/c1-10(21)12-4-3-5-13(8-12)20-15(22)11(2)24-17-14-6-7-23-16(14)18-9-19-17/h3-9,11H,1-2H3,(H,20,22)/t11-/m0/s1. The molecule has 1 atom stereocenters. The monoisotopic (exact) mass is 357 g/mol. The molecule has 122 valence electrons. The summed E-state index contributed by atoms with van der Waals surface area (Å²) in [4.78, 5) is 33.2. The minimum atomic E-state index is -0.330. The number of carbonyl (C=O) groups is 2. The van der Waals surface area contributed by atoms with Crippen LogP contribution >= 0.6 is 23.1 Å². The molecule has 0 unspecified atom stereocenters. The Balaban J connectivity index is 1.72. The molecule has 7 heteroatoms. The van der Waals surface area contributed by atoms with E-state index in [1.165, 1.54) is 25.0 Å². The number of anilines is 1. The van der Waals surface area contributed by atoms with Crippen LogP contribution in [0.5, 0.6) is 0 Å². The number of fused-ring (bicyclic) bond motifs is 1. The van der Waals surface area contributed by atoms with Gasteiger partial charge in [0.1, 0.15) is 16.2 Å². The van der Waals surface area contributed by atoms with Crippen LogP contribution in [0.25, 0.3) is 10.2 Å². The highest BCUT2D eigenvalue weighted by Gasteiger charge is 2.17. The number of aromatic nitrogens is 2. The van der Waals surface area contributed by atoms with Crippen LogP contribution in [0.2, 0.25) is 0 Å². The van der Waals surface area contributed by atoms with Crippen LogP contribution in [-0.2, 0) is 4.79 Å². The lowest BCUT2D eigenvalue weighted by Crippen LogP contribution is -2.22. The van der Waals surface area contributed by atoms with Crippen molar-refractivity contribution >= 4 is 50.7 Å². The Morgan fingerprint density at radius 1 is 1.25 bits per heavy atom.